The summed E-state index contributed by atoms with van der Waals surface area (Å²) in [6.07, 6.45) is -2.48. The first-order valence-electron chi connectivity index (χ1n) is 6.53. The predicted octanol–water partition coefficient (Wildman–Crippen LogP) is 2.44. The largest absolute Gasteiger partial charge is 0.385 e. The highest BCUT2D eigenvalue weighted by atomic mass is 19.3. The molecule has 6 heteroatoms. The molecule has 0 atom stereocenters. The predicted molar refractivity (Wildman–Crippen MR) is 74.5 cm³/mol. The van der Waals surface area contributed by atoms with Crippen molar-refractivity contribution in [2.24, 2.45) is 0 Å². The van der Waals surface area contributed by atoms with E-state index in [-0.39, 0.29) is 19.1 Å². The maximum Gasteiger partial charge on any atom is 0.261 e. The Bertz CT molecular complexity index is 439. The monoisotopic (exact) mass is 286 g/mol. The minimum Gasteiger partial charge on any atom is -0.385 e. The quantitative estimate of drug-likeness (QED) is 0.722. The Balaban J connectivity index is 2.50. The number of benzene rings is 1. The summed E-state index contributed by atoms with van der Waals surface area (Å²) in [4.78, 5) is 12.0. The average Bonchev–Trinajstić information content (AvgIpc) is 2.38. The third kappa shape index (κ3) is 5.52. The van der Waals surface area contributed by atoms with Crippen molar-refractivity contribution in [2.75, 3.05) is 31.6 Å². The van der Waals surface area contributed by atoms with Crippen LogP contribution in [0.2, 0.25) is 0 Å². The Morgan fingerprint density at radius 3 is 2.80 bits per heavy atom. The van der Waals surface area contributed by atoms with Crippen LogP contribution in [0.3, 0.4) is 0 Å². The summed E-state index contributed by atoms with van der Waals surface area (Å²) >= 11 is 0. The van der Waals surface area contributed by atoms with E-state index in [1.54, 1.807) is 6.07 Å². The fourth-order valence-corrected chi connectivity index (χ4v) is 1.70. The van der Waals surface area contributed by atoms with Crippen LogP contribution in [0.25, 0.3) is 0 Å². The van der Waals surface area contributed by atoms with E-state index in [2.05, 4.69) is 10.6 Å². The molecule has 1 aromatic rings. The van der Waals surface area contributed by atoms with Crippen LogP contribution in [-0.4, -0.2) is 38.6 Å². The molecule has 0 radical (unpaired) electrons. The lowest BCUT2D eigenvalue weighted by Crippen LogP contribution is -2.28. The van der Waals surface area contributed by atoms with E-state index in [0.717, 1.165) is 11.3 Å². The molecule has 0 bridgehead atoms. The molecule has 0 saturated carbocycles. The van der Waals surface area contributed by atoms with Gasteiger partial charge in [-0.05, 0) is 31.5 Å². The molecule has 0 aliphatic rings. The summed E-state index contributed by atoms with van der Waals surface area (Å²) in [5.41, 5.74) is 2.35. The maximum atomic E-state index is 12.0. The first kappa shape index (κ1) is 16.4. The molecule has 0 aliphatic heterocycles. The van der Waals surface area contributed by atoms with E-state index in [4.69, 9.17) is 4.74 Å². The van der Waals surface area contributed by atoms with Gasteiger partial charge in [-0.3, -0.25) is 4.79 Å². The third-order valence-electron chi connectivity index (χ3n) is 2.56. The zero-order valence-electron chi connectivity index (χ0n) is 11.7. The van der Waals surface area contributed by atoms with E-state index in [1.165, 1.54) is 0 Å². The summed E-state index contributed by atoms with van der Waals surface area (Å²) < 4.78 is 28.4. The molecule has 20 heavy (non-hydrogen) atoms. The van der Waals surface area contributed by atoms with Crippen LogP contribution in [0.5, 0.6) is 0 Å². The fraction of sp³-hybridized carbons (Fsp3) is 0.500. The smallest absolute Gasteiger partial charge is 0.261 e. The third-order valence-corrected chi connectivity index (χ3v) is 2.56. The number of nitrogens with one attached hydrogen (secondary N) is 2. The number of rotatable bonds is 8. The van der Waals surface area contributed by atoms with E-state index < -0.39 is 13.0 Å². The highest BCUT2D eigenvalue weighted by molar-refractivity contribution is 5.99. The molecule has 0 unspecified atom stereocenters. The normalized spacial score (nSPS) is 10.7. The second-order valence-electron chi connectivity index (χ2n) is 4.30. The lowest BCUT2D eigenvalue weighted by Gasteiger charge is -2.12. The molecular weight excluding hydrogens is 266 g/mol. The fourth-order valence-electron chi connectivity index (χ4n) is 1.70. The van der Waals surface area contributed by atoms with Crippen molar-refractivity contribution in [3.63, 3.8) is 0 Å². The number of carbonyl (C=O) groups is 1. The van der Waals surface area contributed by atoms with Crippen LogP contribution in [0.4, 0.5) is 14.5 Å². The number of hydrogen-bond donors (Lipinski definition) is 2. The van der Waals surface area contributed by atoms with Crippen molar-refractivity contribution < 1.29 is 18.3 Å². The van der Waals surface area contributed by atoms with Gasteiger partial charge in [-0.15, -0.1) is 0 Å². The summed E-state index contributed by atoms with van der Waals surface area (Å²) in [6.45, 7) is 4.26. The Morgan fingerprint density at radius 2 is 2.15 bits per heavy atom. The van der Waals surface area contributed by atoms with Crippen LogP contribution in [-0.2, 0) is 4.74 Å². The molecule has 4 nitrogen and oxygen atoms in total. The van der Waals surface area contributed by atoms with Crippen molar-refractivity contribution in [3.05, 3.63) is 29.3 Å². The van der Waals surface area contributed by atoms with Gasteiger partial charge < -0.3 is 15.4 Å². The number of halogens is 2. The number of amides is 1. The molecule has 0 heterocycles. The molecule has 0 aliphatic carbocycles. The standard InChI is InChI=1S/C14H20F2N2O2/c1-3-17-12-8-10(2)4-5-11(12)14(19)18-6-7-20-9-13(15)16/h4-5,8,13,17H,3,6-7,9H2,1-2H3,(H,18,19). The summed E-state index contributed by atoms with van der Waals surface area (Å²) in [6, 6.07) is 5.48. The van der Waals surface area contributed by atoms with E-state index in [1.807, 2.05) is 26.0 Å². The minimum absolute atomic E-state index is 0.0679. The van der Waals surface area contributed by atoms with Gasteiger partial charge in [-0.1, -0.05) is 6.07 Å². The zero-order chi connectivity index (χ0) is 15.0. The van der Waals surface area contributed by atoms with Crippen LogP contribution in [0, 0.1) is 6.92 Å². The molecule has 1 rings (SSSR count). The molecule has 0 aromatic heterocycles. The number of ether oxygens (including phenoxy) is 1. The lowest BCUT2D eigenvalue weighted by atomic mass is 10.1. The first-order chi connectivity index (χ1) is 9.54. The molecule has 1 amide bonds. The topological polar surface area (TPSA) is 50.4 Å². The summed E-state index contributed by atoms with van der Waals surface area (Å²) in [7, 11) is 0. The summed E-state index contributed by atoms with van der Waals surface area (Å²) in [5, 5.41) is 5.77. The highest BCUT2D eigenvalue weighted by Gasteiger charge is 2.10. The SMILES string of the molecule is CCNc1cc(C)ccc1C(=O)NCCOCC(F)F. The maximum absolute atomic E-state index is 12.0. The van der Waals surface area contributed by atoms with E-state index in [9.17, 15) is 13.6 Å². The van der Waals surface area contributed by atoms with Crippen LogP contribution in [0.15, 0.2) is 18.2 Å². The number of anilines is 1. The van der Waals surface area contributed by atoms with Gasteiger partial charge in [0.2, 0.25) is 0 Å². The molecule has 1 aromatic carbocycles. The van der Waals surface area contributed by atoms with Gasteiger partial charge in [0.1, 0.15) is 6.61 Å². The van der Waals surface area contributed by atoms with E-state index >= 15 is 0 Å². The van der Waals surface area contributed by atoms with E-state index in [0.29, 0.717) is 12.1 Å². The molecule has 0 spiro atoms. The Labute approximate surface area is 117 Å². The van der Waals surface area contributed by atoms with Gasteiger partial charge in [-0.25, -0.2) is 8.78 Å². The van der Waals surface area contributed by atoms with Gasteiger partial charge in [0.25, 0.3) is 12.3 Å². The minimum atomic E-state index is -2.48. The van der Waals surface area contributed by atoms with Crippen molar-refractivity contribution in [1.82, 2.24) is 5.32 Å². The number of carbonyl (C=O) groups excluding carboxylic acids is 1. The van der Waals surface area contributed by atoms with Gasteiger partial charge in [0, 0.05) is 18.8 Å². The Morgan fingerprint density at radius 1 is 1.40 bits per heavy atom. The molecule has 0 saturated heterocycles. The van der Waals surface area contributed by atoms with Gasteiger partial charge in [0.15, 0.2) is 0 Å². The second kappa shape index (κ2) is 8.47. The Kier molecular flexibility index (Phi) is 6.93. The van der Waals surface area contributed by atoms with Gasteiger partial charge >= 0.3 is 0 Å². The van der Waals surface area contributed by atoms with Crippen molar-refractivity contribution in [1.29, 1.82) is 0 Å². The van der Waals surface area contributed by atoms with Crippen LogP contribution < -0.4 is 10.6 Å². The second-order valence-corrected chi connectivity index (χ2v) is 4.30. The first-order valence-corrected chi connectivity index (χ1v) is 6.53. The molecule has 2 N–H and O–H groups in total. The molecule has 112 valence electrons. The lowest BCUT2D eigenvalue weighted by molar-refractivity contribution is 0.0188. The Hall–Kier alpha value is -1.69. The van der Waals surface area contributed by atoms with Crippen molar-refractivity contribution in [3.8, 4) is 0 Å². The van der Waals surface area contributed by atoms with Crippen molar-refractivity contribution in [2.45, 2.75) is 20.3 Å². The average molecular weight is 286 g/mol. The van der Waals surface area contributed by atoms with Gasteiger partial charge in [-0.2, -0.15) is 0 Å². The van der Waals surface area contributed by atoms with Gasteiger partial charge in [0.05, 0.1) is 12.2 Å². The number of alkyl halides is 2. The summed E-state index contributed by atoms with van der Waals surface area (Å²) in [5.74, 6) is -0.249. The highest BCUT2D eigenvalue weighted by Crippen LogP contribution is 2.17. The number of aryl methyl sites for hydroxylation is 1. The molecular formula is C14H20F2N2O2. The van der Waals surface area contributed by atoms with Crippen LogP contribution in [0.1, 0.15) is 22.8 Å². The number of hydrogen-bond acceptors (Lipinski definition) is 3. The van der Waals surface area contributed by atoms with Crippen molar-refractivity contribution >= 4 is 11.6 Å². The van der Waals surface area contributed by atoms with Crippen LogP contribution >= 0.6 is 0 Å². The molecule has 0 fully saturated rings. The zero-order valence-corrected chi connectivity index (χ0v) is 11.7.